The van der Waals surface area contributed by atoms with Crippen molar-refractivity contribution >= 4 is 40.8 Å². The fourth-order valence-electron chi connectivity index (χ4n) is 1.75. The van der Waals surface area contributed by atoms with Gasteiger partial charge in [-0.1, -0.05) is 40.9 Å². The highest BCUT2D eigenvalue weighted by molar-refractivity contribution is 6.53. The van der Waals surface area contributed by atoms with Crippen LogP contribution >= 0.6 is 34.8 Å². The molecule has 0 radical (unpaired) electrons. The highest BCUT2D eigenvalue weighted by Crippen LogP contribution is 2.65. The molecule has 0 amide bonds. The van der Waals surface area contributed by atoms with E-state index in [0.29, 0.717) is 5.56 Å². The summed E-state index contributed by atoms with van der Waals surface area (Å²) in [5.74, 6) is -3.21. The lowest BCUT2D eigenvalue weighted by atomic mass is 10.1. The zero-order valence-electron chi connectivity index (χ0n) is 7.75. The molecule has 1 N–H and O–H groups in total. The van der Waals surface area contributed by atoms with Crippen molar-refractivity contribution in [1.82, 2.24) is 0 Å². The zero-order valence-corrected chi connectivity index (χ0v) is 10.0. The second-order valence-electron chi connectivity index (χ2n) is 3.64. The molecule has 1 aliphatic carbocycles. The molecule has 6 heteroatoms. The van der Waals surface area contributed by atoms with Crippen LogP contribution in [0.4, 0.5) is 4.39 Å². The molecule has 16 heavy (non-hydrogen) atoms. The molecule has 0 saturated heterocycles. The van der Waals surface area contributed by atoms with E-state index in [9.17, 15) is 9.18 Å². The Morgan fingerprint density at radius 2 is 2.06 bits per heavy atom. The van der Waals surface area contributed by atoms with Gasteiger partial charge < -0.3 is 5.11 Å². The van der Waals surface area contributed by atoms with Crippen LogP contribution in [-0.4, -0.2) is 15.4 Å². The summed E-state index contributed by atoms with van der Waals surface area (Å²) in [5, 5.41) is 8.83. The Labute approximate surface area is 106 Å². The molecule has 1 aromatic carbocycles. The standard InChI is InChI=1S/C10H6Cl3FO2/c11-5-2-1-4(3-6(5)14)7-8(9(15)16)10(7,12)13/h1-3,7-8H,(H,15,16). The first kappa shape index (κ1) is 12.0. The average molecular weight is 284 g/mol. The lowest BCUT2D eigenvalue weighted by Crippen LogP contribution is -2.03. The number of aliphatic carboxylic acids is 1. The van der Waals surface area contributed by atoms with E-state index in [1.54, 1.807) is 0 Å². The smallest absolute Gasteiger partial charge is 0.310 e. The molecule has 0 aliphatic heterocycles. The number of hydrogen-bond donors (Lipinski definition) is 1. The number of carboxylic acid groups (broad SMARTS) is 1. The van der Waals surface area contributed by atoms with E-state index in [1.807, 2.05) is 0 Å². The second kappa shape index (κ2) is 3.76. The Hall–Kier alpha value is -0.510. The zero-order chi connectivity index (χ0) is 12.1. The van der Waals surface area contributed by atoms with Gasteiger partial charge in [0.1, 0.15) is 10.2 Å². The third-order valence-electron chi connectivity index (χ3n) is 2.62. The van der Waals surface area contributed by atoms with E-state index in [2.05, 4.69) is 0 Å². The van der Waals surface area contributed by atoms with Crippen LogP contribution in [0.15, 0.2) is 18.2 Å². The van der Waals surface area contributed by atoms with Gasteiger partial charge in [0, 0.05) is 5.92 Å². The maximum absolute atomic E-state index is 13.2. The molecule has 86 valence electrons. The van der Waals surface area contributed by atoms with Crippen LogP contribution in [0.3, 0.4) is 0 Å². The summed E-state index contributed by atoms with van der Waals surface area (Å²) in [5.41, 5.74) is 0.444. The fourth-order valence-corrected chi connectivity index (χ4v) is 2.69. The van der Waals surface area contributed by atoms with Gasteiger partial charge in [0.2, 0.25) is 0 Å². The molecule has 1 aliphatic rings. The van der Waals surface area contributed by atoms with Gasteiger partial charge in [-0.25, -0.2) is 4.39 Å². The van der Waals surface area contributed by atoms with Gasteiger partial charge in [-0.2, -0.15) is 0 Å². The van der Waals surface area contributed by atoms with Crippen molar-refractivity contribution in [3.05, 3.63) is 34.6 Å². The monoisotopic (exact) mass is 282 g/mol. The molecular formula is C10H6Cl3FO2. The number of carboxylic acids is 1. The van der Waals surface area contributed by atoms with Gasteiger partial charge >= 0.3 is 5.97 Å². The first-order valence-corrected chi connectivity index (χ1v) is 5.54. The minimum atomic E-state index is -1.37. The summed E-state index contributed by atoms with van der Waals surface area (Å²) in [6, 6.07) is 4.04. The summed E-state index contributed by atoms with van der Waals surface area (Å²) in [4.78, 5) is 10.8. The van der Waals surface area contributed by atoms with Crippen LogP contribution < -0.4 is 0 Å². The van der Waals surface area contributed by atoms with Crippen molar-refractivity contribution in [3.63, 3.8) is 0 Å². The van der Waals surface area contributed by atoms with Crippen LogP contribution in [0.25, 0.3) is 0 Å². The van der Waals surface area contributed by atoms with Crippen molar-refractivity contribution in [2.45, 2.75) is 10.3 Å². The lowest BCUT2D eigenvalue weighted by Gasteiger charge is -2.01. The molecular weight excluding hydrogens is 277 g/mol. The highest BCUT2D eigenvalue weighted by Gasteiger charge is 2.68. The molecule has 0 aromatic heterocycles. The van der Waals surface area contributed by atoms with E-state index < -0.39 is 28.0 Å². The van der Waals surface area contributed by atoms with E-state index in [0.717, 1.165) is 6.07 Å². The topological polar surface area (TPSA) is 37.3 Å². The summed E-state index contributed by atoms with van der Waals surface area (Å²) in [6.07, 6.45) is 0. The van der Waals surface area contributed by atoms with Gasteiger partial charge in [-0.15, -0.1) is 0 Å². The molecule has 0 bridgehead atoms. The van der Waals surface area contributed by atoms with Crippen LogP contribution in [-0.2, 0) is 4.79 Å². The van der Waals surface area contributed by atoms with E-state index in [-0.39, 0.29) is 5.02 Å². The first-order valence-electron chi connectivity index (χ1n) is 4.41. The average Bonchev–Trinajstić information content (AvgIpc) is 2.74. The molecule has 1 fully saturated rings. The Bertz CT molecular complexity index is 461. The summed E-state index contributed by atoms with van der Waals surface area (Å²) in [6.45, 7) is 0. The van der Waals surface area contributed by atoms with Crippen molar-refractivity contribution in [1.29, 1.82) is 0 Å². The Morgan fingerprint density at radius 1 is 1.44 bits per heavy atom. The quantitative estimate of drug-likeness (QED) is 0.844. The van der Waals surface area contributed by atoms with Gasteiger partial charge in [0.25, 0.3) is 0 Å². The van der Waals surface area contributed by atoms with Crippen molar-refractivity contribution < 1.29 is 14.3 Å². The van der Waals surface area contributed by atoms with Gasteiger partial charge in [-0.05, 0) is 17.7 Å². The number of rotatable bonds is 2. The minimum absolute atomic E-state index is 0.0222. The molecule has 2 atom stereocenters. The molecule has 1 aromatic rings. The normalized spacial score (nSPS) is 26.5. The maximum atomic E-state index is 13.2. The summed E-state index contributed by atoms with van der Waals surface area (Å²) < 4.78 is 11.8. The van der Waals surface area contributed by atoms with Crippen LogP contribution in [0.2, 0.25) is 5.02 Å². The van der Waals surface area contributed by atoms with Crippen LogP contribution in [0.5, 0.6) is 0 Å². The number of benzene rings is 1. The first-order chi connectivity index (χ1) is 7.35. The Balaban J connectivity index is 2.33. The molecule has 0 heterocycles. The number of halogens is 4. The van der Waals surface area contributed by atoms with Crippen LogP contribution in [0, 0.1) is 11.7 Å². The van der Waals surface area contributed by atoms with E-state index >= 15 is 0 Å². The fraction of sp³-hybridized carbons (Fsp3) is 0.300. The number of alkyl halides is 2. The predicted octanol–water partition coefficient (Wildman–Crippen LogP) is 3.45. The maximum Gasteiger partial charge on any atom is 0.310 e. The molecule has 0 spiro atoms. The lowest BCUT2D eigenvalue weighted by molar-refractivity contribution is -0.138. The molecule has 2 nitrogen and oxygen atoms in total. The summed E-state index contributed by atoms with van der Waals surface area (Å²) >= 11 is 17.2. The van der Waals surface area contributed by atoms with Crippen molar-refractivity contribution in [2.75, 3.05) is 0 Å². The van der Waals surface area contributed by atoms with Crippen molar-refractivity contribution in [3.8, 4) is 0 Å². The second-order valence-corrected chi connectivity index (χ2v) is 5.49. The molecule has 1 saturated carbocycles. The van der Waals surface area contributed by atoms with E-state index in [1.165, 1.54) is 12.1 Å². The van der Waals surface area contributed by atoms with Gasteiger partial charge in [0.05, 0.1) is 10.9 Å². The van der Waals surface area contributed by atoms with Crippen molar-refractivity contribution in [2.24, 2.45) is 5.92 Å². The Kier molecular flexibility index (Phi) is 2.81. The third kappa shape index (κ3) is 1.77. The number of carbonyl (C=O) groups is 1. The SMILES string of the molecule is O=C(O)C1C(c2ccc(Cl)c(F)c2)C1(Cl)Cl. The predicted molar refractivity (Wildman–Crippen MR) is 59.7 cm³/mol. The highest BCUT2D eigenvalue weighted by atomic mass is 35.5. The van der Waals surface area contributed by atoms with Gasteiger partial charge in [0.15, 0.2) is 0 Å². The molecule has 2 rings (SSSR count). The van der Waals surface area contributed by atoms with Crippen LogP contribution in [0.1, 0.15) is 11.5 Å². The minimum Gasteiger partial charge on any atom is -0.481 e. The Morgan fingerprint density at radius 3 is 2.50 bits per heavy atom. The summed E-state index contributed by atoms with van der Waals surface area (Å²) in [7, 11) is 0. The largest absolute Gasteiger partial charge is 0.481 e. The third-order valence-corrected chi connectivity index (χ3v) is 3.87. The number of hydrogen-bond acceptors (Lipinski definition) is 1. The molecule has 2 unspecified atom stereocenters. The van der Waals surface area contributed by atoms with Gasteiger partial charge in [-0.3, -0.25) is 4.79 Å². The van der Waals surface area contributed by atoms with E-state index in [4.69, 9.17) is 39.9 Å².